The summed E-state index contributed by atoms with van der Waals surface area (Å²) >= 11 is 0. The van der Waals surface area contributed by atoms with E-state index in [9.17, 15) is 34.0 Å². The summed E-state index contributed by atoms with van der Waals surface area (Å²) < 4.78 is 42.3. The molecule has 2 aromatic rings. The lowest BCUT2D eigenvalue weighted by molar-refractivity contribution is -0.198. The number of ether oxygens (including phenoxy) is 4. The zero-order valence-electron chi connectivity index (χ0n) is 27.0. The van der Waals surface area contributed by atoms with Gasteiger partial charge in [0.2, 0.25) is 5.60 Å². The van der Waals surface area contributed by atoms with Gasteiger partial charge in [-0.1, -0.05) is 26.7 Å². The number of rotatable bonds is 14. The molecule has 262 valence electrons. The molecule has 0 aromatic carbocycles. The van der Waals surface area contributed by atoms with Crippen molar-refractivity contribution >= 4 is 37.1 Å². The minimum Gasteiger partial charge on any atom is -0.461 e. The highest BCUT2D eigenvalue weighted by atomic mass is 31.2. The van der Waals surface area contributed by atoms with Crippen molar-refractivity contribution in [3.8, 4) is 6.07 Å². The molecule has 5 atom stereocenters. The summed E-state index contributed by atoms with van der Waals surface area (Å²) in [6, 6.07) is 3.63. The van der Waals surface area contributed by atoms with Gasteiger partial charge in [0.25, 0.3) is 0 Å². The fourth-order valence-electron chi connectivity index (χ4n) is 6.27. The highest BCUT2D eigenvalue weighted by molar-refractivity contribution is 7.46. The number of nitrogen functional groups attached to an aromatic ring is 1. The predicted molar refractivity (Wildman–Crippen MR) is 164 cm³/mol. The summed E-state index contributed by atoms with van der Waals surface area (Å²) in [4.78, 5) is 62.9. The molecule has 0 unspecified atom stereocenters. The molecule has 5 rings (SSSR count). The van der Waals surface area contributed by atoms with Gasteiger partial charge < -0.3 is 34.5 Å². The summed E-state index contributed by atoms with van der Waals surface area (Å²) in [6.45, 7) is 3.53. The molecule has 3 heterocycles. The summed E-state index contributed by atoms with van der Waals surface area (Å²) in [6.07, 6.45) is 1.84. The summed E-state index contributed by atoms with van der Waals surface area (Å²) in [7, 11) is -5.35. The van der Waals surface area contributed by atoms with Gasteiger partial charge in [0, 0.05) is 12.8 Å². The Balaban J connectivity index is 1.53. The van der Waals surface area contributed by atoms with E-state index in [1.54, 1.807) is 19.1 Å². The van der Waals surface area contributed by atoms with Crippen molar-refractivity contribution in [2.45, 2.75) is 108 Å². The maximum absolute atomic E-state index is 13.6. The van der Waals surface area contributed by atoms with Gasteiger partial charge in [0.1, 0.15) is 36.2 Å². The van der Waals surface area contributed by atoms with Crippen LogP contribution in [-0.2, 0) is 42.5 Å². The number of esters is 3. The minimum atomic E-state index is -5.35. The van der Waals surface area contributed by atoms with Crippen LogP contribution in [0.5, 0.6) is 0 Å². The van der Waals surface area contributed by atoms with Crippen LogP contribution in [0.25, 0.3) is 5.52 Å². The fraction of sp³-hybridized carbons (Fsp3) is 0.667. The van der Waals surface area contributed by atoms with E-state index in [0.29, 0.717) is 10.6 Å². The number of carbonyl (C=O) groups is 3. The van der Waals surface area contributed by atoms with Gasteiger partial charge in [-0.05, 0) is 56.6 Å². The zero-order chi connectivity index (χ0) is 34.8. The van der Waals surface area contributed by atoms with E-state index >= 15 is 0 Å². The van der Waals surface area contributed by atoms with Crippen molar-refractivity contribution in [1.82, 2.24) is 19.7 Å². The lowest BCUT2D eigenvalue weighted by Crippen LogP contribution is -2.56. The molecule has 17 nitrogen and oxygen atoms in total. The number of nitrogens with two attached hydrogens (primary N) is 1. The first-order chi connectivity index (χ1) is 22.8. The molecular weight excluding hydrogens is 651 g/mol. The monoisotopic (exact) mass is 692 g/mol. The first-order valence-corrected chi connectivity index (χ1v) is 17.6. The second kappa shape index (κ2) is 14.5. The molecule has 4 N–H and O–H groups in total. The lowest BCUT2D eigenvalue weighted by atomic mass is 9.70. The van der Waals surface area contributed by atoms with E-state index in [-0.39, 0.29) is 42.3 Å². The van der Waals surface area contributed by atoms with Gasteiger partial charge >= 0.3 is 25.7 Å². The van der Waals surface area contributed by atoms with Crippen LogP contribution >= 0.6 is 7.82 Å². The van der Waals surface area contributed by atoms with E-state index in [0.717, 1.165) is 38.5 Å². The number of nitriles is 1. The topological polar surface area (TPSA) is 238 Å². The first-order valence-electron chi connectivity index (χ1n) is 16.1. The highest BCUT2D eigenvalue weighted by Crippen LogP contribution is 2.47. The molecule has 0 amide bonds. The quantitative estimate of drug-likeness (QED) is 0.112. The van der Waals surface area contributed by atoms with Crippen molar-refractivity contribution < 1.29 is 52.3 Å². The molecule has 2 saturated carbocycles. The van der Waals surface area contributed by atoms with Gasteiger partial charge in [-0.25, -0.2) is 14.1 Å². The van der Waals surface area contributed by atoms with Crippen LogP contribution in [-0.4, -0.2) is 83.9 Å². The Kier molecular flexibility index (Phi) is 10.7. The van der Waals surface area contributed by atoms with Crippen LogP contribution in [0, 0.1) is 23.2 Å². The average molecular weight is 693 g/mol. The summed E-state index contributed by atoms with van der Waals surface area (Å²) in [5.41, 5.74) is 4.30. The molecule has 18 heteroatoms. The van der Waals surface area contributed by atoms with Gasteiger partial charge in [-0.15, -0.1) is 0 Å². The van der Waals surface area contributed by atoms with E-state index < -0.39 is 62.2 Å². The number of hydrogen-bond acceptors (Lipinski definition) is 14. The lowest BCUT2D eigenvalue weighted by Gasteiger charge is -2.42. The third kappa shape index (κ3) is 7.34. The third-order valence-corrected chi connectivity index (χ3v) is 9.77. The number of fused-ring (bicyclic) bond motifs is 1. The second-order valence-electron chi connectivity index (χ2n) is 12.4. The Morgan fingerprint density at radius 2 is 1.77 bits per heavy atom. The molecule has 0 spiro atoms. The van der Waals surface area contributed by atoms with E-state index in [1.807, 2.05) is 6.07 Å². The predicted octanol–water partition coefficient (Wildman–Crippen LogP) is 2.52. The van der Waals surface area contributed by atoms with Crippen molar-refractivity contribution in [3.05, 3.63) is 24.2 Å². The molecule has 3 fully saturated rings. The fourth-order valence-corrected chi connectivity index (χ4v) is 6.74. The van der Waals surface area contributed by atoms with Crippen LogP contribution in [0.15, 0.2) is 18.5 Å². The van der Waals surface area contributed by atoms with Gasteiger partial charge in [0.15, 0.2) is 18.0 Å². The number of hydrogen-bond donors (Lipinski definition) is 3. The smallest absolute Gasteiger partial charge is 0.461 e. The van der Waals surface area contributed by atoms with E-state index in [2.05, 4.69) is 10.1 Å². The largest absolute Gasteiger partial charge is 0.486 e. The van der Waals surface area contributed by atoms with Crippen molar-refractivity contribution in [1.29, 1.82) is 5.26 Å². The molecule has 48 heavy (non-hydrogen) atoms. The number of anilines is 1. The van der Waals surface area contributed by atoms with Crippen molar-refractivity contribution in [2.24, 2.45) is 11.8 Å². The van der Waals surface area contributed by atoms with Crippen LogP contribution in [0.1, 0.15) is 83.9 Å². The Bertz CT molecular complexity index is 1590. The molecule has 3 aliphatic rings. The Morgan fingerprint density at radius 3 is 2.31 bits per heavy atom. The highest BCUT2D eigenvalue weighted by Gasteiger charge is 2.62. The molecular formula is C30H41N6O11P. The third-order valence-electron chi connectivity index (χ3n) is 9.34. The normalized spacial score (nSPS) is 25.3. The molecule has 0 radical (unpaired) electrons. The van der Waals surface area contributed by atoms with Crippen LogP contribution in [0.4, 0.5) is 5.82 Å². The molecule has 2 aliphatic carbocycles. The Labute approximate surface area is 276 Å². The summed E-state index contributed by atoms with van der Waals surface area (Å²) in [5, 5.41) is 15.6. The SMILES string of the molecule is CCC(=O)O[C@@H]1[C@H](c2ccc3c(N)ncnn23)O[C@@](C#N)(CN(OP(=O)(O)O)[C@@H](C)C(=O)OC(C2CCC2)C2CCC2)[C@H]1OC(=O)CC. The van der Waals surface area contributed by atoms with Crippen molar-refractivity contribution in [2.75, 3.05) is 12.3 Å². The standard InChI is InChI=1S/C30H41N6O11P/c1-4-22(37)43-26-25(20-12-13-21-28(32)33-16-34-36(20)21)46-30(14-31,27(26)44-23(38)5-2)15-35(47-48(40,41)42)17(3)29(39)45-24(18-8-6-9-18)19-10-7-11-19/h12-13,16-19,24-27H,4-11,15H2,1-3H3,(H2,32,33,34)(H2,40,41,42)/t17-,25-,26+,27-,30-/m0/s1. The van der Waals surface area contributed by atoms with Gasteiger partial charge in [-0.2, -0.15) is 20.0 Å². The molecule has 1 saturated heterocycles. The zero-order valence-corrected chi connectivity index (χ0v) is 27.9. The summed E-state index contributed by atoms with van der Waals surface area (Å²) in [5.74, 6) is -1.83. The van der Waals surface area contributed by atoms with Gasteiger partial charge in [0.05, 0.1) is 12.2 Å². The Hall–Kier alpha value is -3.65. The van der Waals surface area contributed by atoms with Crippen molar-refractivity contribution in [3.63, 3.8) is 0 Å². The number of carbonyl (C=O) groups excluding carboxylic acids is 3. The number of phosphoric acid groups is 1. The molecule has 2 aromatic heterocycles. The Morgan fingerprint density at radius 1 is 1.15 bits per heavy atom. The first kappa shape index (κ1) is 35.7. The molecule has 1 aliphatic heterocycles. The number of hydroxylamine groups is 2. The van der Waals surface area contributed by atoms with E-state index in [4.69, 9.17) is 29.3 Å². The van der Waals surface area contributed by atoms with Crippen LogP contribution in [0.3, 0.4) is 0 Å². The van der Waals surface area contributed by atoms with Crippen LogP contribution in [0.2, 0.25) is 0 Å². The van der Waals surface area contributed by atoms with E-state index in [1.165, 1.54) is 24.7 Å². The molecule has 0 bridgehead atoms. The minimum absolute atomic E-state index is 0.0826. The second-order valence-corrected chi connectivity index (χ2v) is 13.6. The van der Waals surface area contributed by atoms with Gasteiger partial charge in [-0.3, -0.25) is 14.4 Å². The number of nitrogens with zero attached hydrogens (tertiary/aromatic N) is 5. The maximum Gasteiger partial charge on any atom is 0.486 e. The maximum atomic E-state index is 13.6. The number of aromatic nitrogens is 3. The average Bonchev–Trinajstić information content (AvgIpc) is 3.54. The van der Waals surface area contributed by atoms with Crippen LogP contribution < -0.4 is 5.73 Å².